The van der Waals surface area contributed by atoms with Crippen LogP contribution in [0.1, 0.15) is 5.56 Å². The van der Waals surface area contributed by atoms with Gasteiger partial charge in [0.2, 0.25) is 5.95 Å². The molecule has 0 unspecified atom stereocenters. The summed E-state index contributed by atoms with van der Waals surface area (Å²) in [5.41, 5.74) is 3.98. The van der Waals surface area contributed by atoms with E-state index in [0.29, 0.717) is 28.7 Å². The standard InChI is InChI=1S/C18H15ClN6O/c1-26-11-12-3-2-4-15(9-12)25-17-16(23-24-25)10-20-18(22-17)21-14-7-5-13(19)6-8-14/h2-10H,11H2,1H3,(H,20,21,22). The number of rotatable bonds is 5. The lowest BCUT2D eigenvalue weighted by molar-refractivity contribution is 0.185. The van der Waals surface area contributed by atoms with E-state index in [9.17, 15) is 0 Å². The summed E-state index contributed by atoms with van der Waals surface area (Å²) in [6, 6.07) is 15.2. The topological polar surface area (TPSA) is 77.8 Å². The average molecular weight is 367 g/mol. The Balaban J connectivity index is 1.70. The maximum absolute atomic E-state index is 5.91. The van der Waals surface area contributed by atoms with Crippen LogP contribution in [0.15, 0.2) is 54.7 Å². The van der Waals surface area contributed by atoms with Gasteiger partial charge in [-0.05, 0) is 42.0 Å². The largest absolute Gasteiger partial charge is 0.380 e. The third-order valence-corrected chi connectivity index (χ3v) is 4.01. The SMILES string of the molecule is COCc1cccc(-n2nnc3cnc(Nc4ccc(Cl)cc4)nc32)c1. The van der Waals surface area contributed by atoms with E-state index < -0.39 is 0 Å². The van der Waals surface area contributed by atoms with E-state index in [2.05, 4.69) is 25.6 Å². The molecule has 0 saturated carbocycles. The van der Waals surface area contributed by atoms with Crippen molar-refractivity contribution in [2.75, 3.05) is 12.4 Å². The maximum atomic E-state index is 5.91. The number of anilines is 2. The van der Waals surface area contributed by atoms with Crippen molar-refractivity contribution in [1.29, 1.82) is 0 Å². The van der Waals surface area contributed by atoms with Crippen LogP contribution >= 0.6 is 11.6 Å². The van der Waals surface area contributed by atoms with E-state index in [1.54, 1.807) is 30.1 Å². The minimum Gasteiger partial charge on any atom is -0.380 e. The minimum atomic E-state index is 0.455. The third-order valence-electron chi connectivity index (χ3n) is 3.76. The molecule has 2 aromatic carbocycles. The molecule has 26 heavy (non-hydrogen) atoms. The van der Waals surface area contributed by atoms with Gasteiger partial charge < -0.3 is 10.1 Å². The molecule has 0 aliphatic carbocycles. The molecule has 0 aliphatic heterocycles. The van der Waals surface area contributed by atoms with E-state index in [0.717, 1.165) is 16.9 Å². The van der Waals surface area contributed by atoms with Gasteiger partial charge in [0.25, 0.3) is 0 Å². The molecule has 0 spiro atoms. The lowest BCUT2D eigenvalue weighted by atomic mass is 10.2. The fourth-order valence-electron chi connectivity index (χ4n) is 2.57. The summed E-state index contributed by atoms with van der Waals surface area (Å²) in [6.07, 6.45) is 1.64. The number of halogens is 1. The smallest absolute Gasteiger partial charge is 0.229 e. The molecule has 0 bridgehead atoms. The summed E-state index contributed by atoms with van der Waals surface area (Å²) < 4.78 is 6.88. The van der Waals surface area contributed by atoms with Crippen LogP contribution in [0.25, 0.3) is 16.9 Å². The fraction of sp³-hybridized carbons (Fsp3) is 0.111. The zero-order valence-corrected chi connectivity index (χ0v) is 14.7. The Labute approximate surface area is 154 Å². The van der Waals surface area contributed by atoms with Crippen molar-refractivity contribution in [3.8, 4) is 5.69 Å². The lowest BCUT2D eigenvalue weighted by Crippen LogP contribution is -2.02. The van der Waals surface area contributed by atoms with Gasteiger partial charge in [-0.2, -0.15) is 9.67 Å². The van der Waals surface area contributed by atoms with E-state index in [1.165, 1.54) is 0 Å². The Morgan fingerprint density at radius 2 is 2.00 bits per heavy atom. The molecule has 7 nitrogen and oxygen atoms in total. The van der Waals surface area contributed by atoms with E-state index in [1.807, 2.05) is 36.4 Å². The number of benzene rings is 2. The Bertz CT molecular complexity index is 1050. The predicted octanol–water partition coefficient (Wildman–Crippen LogP) is 3.75. The number of hydrogen-bond donors (Lipinski definition) is 1. The third kappa shape index (κ3) is 3.35. The molecule has 2 aromatic heterocycles. The highest BCUT2D eigenvalue weighted by molar-refractivity contribution is 6.30. The van der Waals surface area contributed by atoms with Gasteiger partial charge in [0.1, 0.15) is 0 Å². The number of hydrogen-bond acceptors (Lipinski definition) is 6. The van der Waals surface area contributed by atoms with Crippen LogP contribution in [-0.4, -0.2) is 32.1 Å². The van der Waals surface area contributed by atoms with Crippen LogP contribution in [0.5, 0.6) is 0 Å². The molecule has 2 heterocycles. The van der Waals surface area contributed by atoms with Crippen LogP contribution in [-0.2, 0) is 11.3 Å². The molecular weight excluding hydrogens is 352 g/mol. The number of methoxy groups -OCH3 is 1. The number of nitrogens with zero attached hydrogens (tertiary/aromatic N) is 5. The molecular formula is C18H15ClN6O. The molecule has 0 saturated heterocycles. The highest BCUT2D eigenvalue weighted by Crippen LogP contribution is 2.20. The highest BCUT2D eigenvalue weighted by atomic mass is 35.5. The molecule has 4 rings (SSSR count). The van der Waals surface area contributed by atoms with Crippen LogP contribution in [0.2, 0.25) is 5.02 Å². The van der Waals surface area contributed by atoms with Gasteiger partial charge in [-0.15, -0.1) is 5.10 Å². The molecule has 1 N–H and O–H groups in total. The molecule has 0 amide bonds. The van der Waals surface area contributed by atoms with Gasteiger partial charge in [0.15, 0.2) is 11.2 Å². The van der Waals surface area contributed by atoms with E-state index >= 15 is 0 Å². The number of aromatic nitrogens is 5. The highest BCUT2D eigenvalue weighted by Gasteiger charge is 2.11. The fourth-order valence-corrected chi connectivity index (χ4v) is 2.70. The van der Waals surface area contributed by atoms with Crippen LogP contribution < -0.4 is 5.32 Å². The quantitative estimate of drug-likeness (QED) is 0.579. The van der Waals surface area contributed by atoms with Crippen LogP contribution in [0.3, 0.4) is 0 Å². The Morgan fingerprint density at radius 3 is 2.81 bits per heavy atom. The zero-order chi connectivity index (χ0) is 17.9. The molecule has 0 radical (unpaired) electrons. The van der Waals surface area contributed by atoms with Gasteiger partial charge in [-0.25, -0.2) is 4.98 Å². The molecule has 130 valence electrons. The first kappa shape index (κ1) is 16.4. The summed E-state index contributed by atoms with van der Waals surface area (Å²) in [5.74, 6) is 0.455. The first-order valence-electron chi connectivity index (χ1n) is 7.92. The maximum Gasteiger partial charge on any atom is 0.229 e. The average Bonchev–Trinajstić information content (AvgIpc) is 3.07. The van der Waals surface area contributed by atoms with Crippen molar-refractivity contribution in [3.63, 3.8) is 0 Å². The molecule has 0 fully saturated rings. The van der Waals surface area contributed by atoms with Gasteiger partial charge in [0.05, 0.1) is 18.5 Å². The second-order valence-electron chi connectivity index (χ2n) is 5.64. The van der Waals surface area contributed by atoms with Crippen LogP contribution in [0, 0.1) is 0 Å². The summed E-state index contributed by atoms with van der Waals surface area (Å²) in [6.45, 7) is 0.527. The molecule has 0 aliphatic rings. The second-order valence-corrected chi connectivity index (χ2v) is 6.07. The molecule has 4 aromatic rings. The Hall–Kier alpha value is -3.03. The van der Waals surface area contributed by atoms with Gasteiger partial charge in [0, 0.05) is 17.8 Å². The first-order chi connectivity index (χ1) is 12.7. The van der Waals surface area contributed by atoms with E-state index in [4.69, 9.17) is 16.3 Å². The zero-order valence-electron chi connectivity index (χ0n) is 13.9. The van der Waals surface area contributed by atoms with Crippen LogP contribution in [0.4, 0.5) is 11.6 Å². The van der Waals surface area contributed by atoms with Crippen molar-refractivity contribution < 1.29 is 4.74 Å². The number of ether oxygens (including phenoxy) is 1. The van der Waals surface area contributed by atoms with Crippen molar-refractivity contribution in [1.82, 2.24) is 25.0 Å². The van der Waals surface area contributed by atoms with Crippen molar-refractivity contribution in [2.24, 2.45) is 0 Å². The van der Waals surface area contributed by atoms with Crippen molar-refractivity contribution in [3.05, 3.63) is 65.3 Å². The number of nitrogens with one attached hydrogen (secondary N) is 1. The van der Waals surface area contributed by atoms with Gasteiger partial charge in [-0.3, -0.25) is 0 Å². The lowest BCUT2D eigenvalue weighted by Gasteiger charge is -2.07. The van der Waals surface area contributed by atoms with Crippen molar-refractivity contribution in [2.45, 2.75) is 6.61 Å². The predicted molar refractivity (Wildman–Crippen MR) is 99.9 cm³/mol. The van der Waals surface area contributed by atoms with E-state index in [-0.39, 0.29) is 0 Å². The Morgan fingerprint density at radius 1 is 1.15 bits per heavy atom. The molecule has 8 heteroatoms. The monoisotopic (exact) mass is 366 g/mol. The van der Waals surface area contributed by atoms with Gasteiger partial charge >= 0.3 is 0 Å². The summed E-state index contributed by atoms with van der Waals surface area (Å²) in [4.78, 5) is 8.84. The molecule has 0 atom stereocenters. The number of fused-ring (bicyclic) bond motifs is 1. The summed E-state index contributed by atoms with van der Waals surface area (Å²) in [7, 11) is 1.67. The minimum absolute atomic E-state index is 0.455. The summed E-state index contributed by atoms with van der Waals surface area (Å²) >= 11 is 5.91. The Kier molecular flexibility index (Phi) is 4.47. The normalized spacial score (nSPS) is 11.0. The first-order valence-corrected chi connectivity index (χ1v) is 8.30. The van der Waals surface area contributed by atoms with Crippen molar-refractivity contribution >= 4 is 34.4 Å². The second kappa shape index (κ2) is 7.07. The van der Waals surface area contributed by atoms with Gasteiger partial charge in [-0.1, -0.05) is 28.9 Å². The summed E-state index contributed by atoms with van der Waals surface area (Å²) in [5, 5.41) is 12.2.